The fraction of sp³-hybridized carbons (Fsp3) is 0.278. The van der Waals surface area contributed by atoms with Crippen molar-refractivity contribution in [3.8, 4) is 0 Å². The lowest BCUT2D eigenvalue weighted by molar-refractivity contribution is 0.863. The minimum atomic E-state index is 0.459. The molecule has 0 amide bonds. The van der Waals surface area contributed by atoms with Gasteiger partial charge in [-0.15, -0.1) is 0 Å². The molecule has 0 unspecified atom stereocenters. The maximum Gasteiger partial charge on any atom is 0.170 e. The zero-order chi connectivity index (χ0) is 15.9. The molecule has 0 aliphatic carbocycles. The first-order valence-corrected chi connectivity index (χ1v) is 8.23. The molecule has 0 bridgehead atoms. The average molecular weight is 333 g/mol. The highest BCUT2D eigenvalue weighted by Gasteiger charge is 2.06. The molecule has 0 saturated carbocycles. The third-order valence-corrected chi connectivity index (χ3v) is 3.94. The topological polar surface area (TPSA) is 24.1 Å². The van der Waals surface area contributed by atoms with E-state index in [4.69, 9.17) is 23.8 Å². The minimum absolute atomic E-state index is 0.459. The summed E-state index contributed by atoms with van der Waals surface area (Å²) in [6.45, 7) is 5.15. The summed E-state index contributed by atoms with van der Waals surface area (Å²) < 4.78 is 0. The van der Waals surface area contributed by atoms with Crippen molar-refractivity contribution in [3.05, 3.63) is 64.7 Å². The van der Waals surface area contributed by atoms with Crippen LogP contribution >= 0.6 is 23.8 Å². The van der Waals surface area contributed by atoms with Crippen LogP contribution in [0, 0.1) is 0 Å². The van der Waals surface area contributed by atoms with Gasteiger partial charge in [-0.05, 0) is 53.9 Å². The van der Waals surface area contributed by atoms with E-state index in [9.17, 15) is 0 Å². The summed E-state index contributed by atoms with van der Waals surface area (Å²) in [7, 11) is 0. The summed E-state index contributed by atoms with van der Waals surface area (Å²) in [5, 5.41) is 7.95. The van der Waals surface area contributed by atoms with Crippen LogP contribution in [0.5, 0.6) is 0 Å². The lowest BCUT2D eigenvalue weighted by atomic mass is 10.0. The molecule has 2 rings (SSSR count). The maximum absolute atomic E-state index is 5.88. The van der Waals surface area contributed by atoms with E-state index in [1.165, 1.54) is 11.1 Å². The molecule has 2 N–H and O–H groups in total. The molecule has 0 saturated heterocycles. The van der Waals surface area contributed by atoms with Gasteiger partial charge in [0, 0.05) is 17.3 Å². The van der Waals surface area contributed by atoms with Gasteiger partial charge < -0.3 is 10.6 Å². The van der Waals surface area contributed by atoms with Gasteiger partial charge in [-0.25, -0.2) is 0 Å². The molecule has 0 aliphatic heterocycles. The first-order chi connectivity index (χ1) is 10.6. The van der Waals surface area contributed by atoms with Gasteiger partial charge in [0.2, 0.25) is 0 Å². The van der Waals surface area contributed by atoms with Crippen molar-refractivity contribution in [2.75, 3.05) is 11.9 Å². The molecular formula is C18H21ClN2S. The van der Waals surface area contributed by atoms with Gasteiger partial charge in [-0.3, -0.25) is 0 Å². The van der Waals surface area contributed by atoms with Crippen molar-refractivity contribution >= 4 is 34.6 Å². The van der Waals surface area contributed by atoms with E-state index in [1.807, 2.05) is 30.3 Å². The third-order valence-electron chi connectivity index (χ3n) is 3.44. The summed E-state index contributed by atoms with van der Waals surface area (Å²) in [4.78, 5) is 0. The Morgan fingerprint density at radius 3 is 2.45 bits per heavy atom. The highest BCUT2D eigenvalue weighted by atomic mass is 35.5. The summed E-state index contributed by atoms with van der Waals surface area (Å²) in [5.41, 5.74) is 3.58. The Morgan fingerprint density at radius 1 is 1.09 bits per heavy atom. The first kappa shape index (κ1) is 16.8. The van der Waals surface area contributed by atoms with Crippen LogP contribution in [-0.2, 0) is 6.42 Å². The minimum Gasteiger partial charge on any atom is -0.362 e. The summed E-state index contributed by atoms with van der Waals surface area (Å²) in [5.74, 6) is 0.459. The predicted octanol–water partition coefficient (Wildman–Crippen LogP) is 4.99. The normalized spacial score (nSPS) is 10.5. The number of benzene rings is 2. The van der Waals surface area contributed by atoms with Gasteiger partial charge in [0.25, 0.3) is 0 Å². The Bertz CT molecular complexity index is 623. The van der Waals surface area contributed by atoms with Crippen LogP contribution in [0.3, 0.4) is 0 Å². The van der Waals surface area contributed by atoms with Crippen LogP contribution in [0.2, 0.25) is 5.02 Å². The average Bonchev–Trinajstić information content (AvgIpc) is 2.49. The monoisotopic (exact) mass is 332 g/mol. The second-order valence-corrected chi connectivity index (χ2v) is 6.34. The SMILES string of the molecule is CC(C)c1ccccc1NC(=S)NCCc1ccc(Cl)cc1. The Labute approximate surface area is 142 Å². The van der Waals surface area contributed by atoms with Crippen LogP contribution in [-0.4, -0.2) is 11.7 Å². The lowest BCUT2D eigenvalue weighted by Gasteiger charge is -2.16. The van der Waals surface area contributed by atoms with Gasteiger partial charge in [-0.2, -0.15) is 0 Å². The predicted molar refractivity (Wildman–Crippen MR) is 99.9 cm³/mol. The standard InChI is InChI=1S/C18H21ClN2S/c1-13(2)16-5-3-4-6-17(16)21-18(22)20-12-11-14-7-9-15(19)10-8-14/h3-10,13H,11-12H2,1-2H3,(H2,20,21,22). The van der Waals surface area contributed by atoms with Crippen LogP contribution in [0.4, 0.5) is 5.69 Å². The number of rotatable bonds is 5. The van der Waals surface area contributed by atoms with Crippen LogP contribution in [0.15, 0.2) is 48.5 Å². The highest BCUT2D eigenvalue weighted by Crippen LogP contribution is 2.23. The highest BCUT2D eigenvalue weighted by molar-refractivity contribution is 7.80. The molecule has 0 radical (unpaired) electrons. The smallest absolute Gasteiger partial charge is 0.170 e. The molecule has 0 fully saturated rings. The van der Waals surface area contributed by atoms with E-state index >= 15 is 0 Å². The number of hydrogen-bond donors (Lipinski definition) is 2. The van der Waals surface area contributed by atoms with E-state index in [-0.39, 0.29) is 0 Å². The second kappa shape index (κ2) is 8.16. The van der Waals surface area contributed by atoms with Crippen molar-refractivity contribution < 1.29 is 0 Å². The van der Waals surface area contributed by atoms with Crippen molar-refractivity contribution in [2.45, 2.75) is 26.2 Å². The Kier molecular flexibility index (Phi) is 6.22. The lowest BCUT2D eigenvalue weighted by Crippen LogP contribution is -2.30. The third kappa shape index (κ3) is 5.00. The van der Waals surface area contributed by atoms with Gasteiger partial charge in [0.1, 0.15) is 0 Å². The number of anilines is 1. The van der Waals surface area contributed by atoms with Gasteiger partial charge in [0.05, 0.1) is 0 Å². The molecule has 0 spiro atoms. The fourth-order valence-corrected chi connectivity index (χ4v) is 2.59. The summed E-state index contributed by atoms with van der Waals surface area (Å²) >= 11 is 11.3. The molecule has 0 atom stereocenters. The molecule has 0 aromatic heterocycles. The Balaban J connectivity index is 1.84. The molecule has 0 aliphatic rings. The molecule has 2 nitrogen and oxygen atoms in total. The Morgan fingerprint density at radius 2 is 1.77 bits per heavy atom. The quantitative estimate of drug-likeness (QED) is 0.754. The van der Waals surface area contributed by atoms with Gasteiger partial charge >= 0.3 is 0 Å². The molecular weight excluding hydrogens is 312 g/mol. The van der Waals surface area contributed by atoms with Crippen molar-refractivity contribution in [1.82, 2.24) is 5.32 Å². The van der Waals surface area contributed by atoms with Gasteiger partial charge in [0.15, 0.2) is 5.11 Å². The van der Waals surface area contributed by atoms with E-state index in [0.29, 0.717) is 11.0 Å². The first-order valence-electron chi connectivity index (χ1n) is 7.44. The van der Waals surface area contributed by atoms with Crippen LogP contribution < -0.4 is 10.6 Å². The molecule has 2 aromatic rings. The largest absolute Gasteiger partial charge is 0.362 e. The number of thiocarbonyl (C=S) groups is 1. The van der Waals surface area contributed by atoms with E-state index in [0.717, 1.165) is 23.7 Å². The zero-order valence-corrected chi connectivity index (χ0v) is 14.5. The molecule has 22 heavy (non-hydrogen) atoms. The van der Waals surface area contributed by atoms with Gasteiger partial charge in [-0.1, -0.05) is 55.8 Å². The number of para-hydroxylation sites is 1. The molecule has 116 valence electrons. The Hall–Kier alpha value is -1.58. The van der Waals surface area contributed by atoms with Crippen LogP contribution in [0.1, 0.15) is 30.9 Å². The number of hydrogen-bond acceptors (Lipinski definition) is 1. The fourth-order valence-electron chi connectivity index (χ4n) is 2.25. The van der Waals surface area contributed by atoms with Crippen molar-refractivity contribution in [2.24, 2.45) is 0 Å². The number of nitrogens with one attached hydrogen (secondary N) is 2. The molecule has 0 heterocycles. The second-order valence-electron chi connectivity index (χ2n) is 5.50. The number of halogens is 1. The van der Waals surface area contributed by atoms with Crippen molar-refractivity contribution in [1.29, 1.82) is 0 Å². The van der Waals surface area contributed by atoms with Crippen molar-refractivity contribution in [3.63, 3.8) is 0 Å². The van der Waals surface area contributed by atoms with E-state index in [1.54, 1.807) is 0 Å². The molecule has 4 heteroatoms. The summed E-state index contributed by atoms with van der Waals surface area (Å²) in [6.07, 6.45) is 0.908. The zero-order valence-electron chi connectivity index (χ0n) is 12.9. The molecule has 2 aromatic carbocycles. The van der Waals surface area contributed by atoms with E-state index in [2.05, 4.69) is 42.7 Å². The summed E-state index contributed by atoms with van der Waals surface area (Å²) in [6, 6.07) is 16.1. The maximum atomic E-state index is 5.88. The van der Waals surface area contributed by atoms with E-state index < -0.39 is 0 Å². The van der Waals surface area contributed by atoms with Crippen LogP contribution in [0.25, 0.3) is 0 Å².